The molecule has 0 saturated heterocycles. The maximum absolute atomic E-state index is 12.7. The van der Waals surface area contributed by atoms with Gasteiger partial charge in [0.25, 0.3) is 5.91 Å². The number of carbonyl (C=O) groups is 2. The summed E-state index contributed by atoms with van der Waals surface area (Å²) >= 11 is 0. The summed E-state index contributed by atoms with van der Waals surface area (Å²) in [5.41, 5.74) is 1.81. The van der Waals surface area contributed by atoms with Gasteiger partial charge in [-0.3, -0.25) is 14.5 Å². The minimum absolute atomic E-state index is 0.0162. The van der Waals surface area contributed by atoms with E-state index in [4.69, 9.17) is 4.42 Å². The summed E-state index contributed by atoms with van der Waals surface area (Å²) in [5, 5.41) is 10.4. The van der Waals surface area contributed by atoms with Crippen LogP contribution in [0, 0.1) is 0 Å². The Morgan fingerprint density at radius 2 is 1.85 bits per heavy atom. The molecule has 1 unspecified atom stereocenters. The Hall–Kier alpha value is -2.82. The van der Waals surface area contributed by atoms with E-state index in [2.05, 4.69) is 20.8 Å². The minimum atomic E-state index is -0.759. The summed E-state index contributed by atoms with van der Waals surface area (Å²) in [5.74, 6) is -0.921. The fourth-order valence-electron chi connectivity index (χ4n) is 3.18. The van der Waals surface area contributed by atoms with Crippen LogP contribution < -0.4 is 4.90 Å². The fourth-order valence-corrected chi connectivity index (χ4v) is 3.18. The first kappa shape index (κ1) is 18.0. The van der Waals surface area contributed by atoms with Gasteiger partial charge < -0.3 is 9.52 Å². The molecule has 1 aliphatic heterocycles. The van der Waals surface area contributed by atoms with Crippen molar-refractivity contribution in [2.24, 2.45) is 0 Å². The van der Waals surface area contributed by atoms with Crippen LogP contribution in [-0.4, -0.2) is 16.8 Å². The van der Waals surface area contributed by atoms with Gasteiger partial charge in [0, 0.05) is 12.1 Å². The molecule has 0 fully saturated rings. The zero-order valence-electron chi connectivity index (χ0n) is 15.4. The molecule has 0 radical (unpaired) electrons. The maximum atomic E-state index is 12.7. The first-order chi connectivity index (χ1) is 12.3. The molecule has 1 aliphatic rings. The molecule has 1 aromatic carbocycles. The standard InChI is InChI=1S/C21H23NO4/c1-5-15(23)17-18(16-7-6-12-26-16)22(20(25)19(17)24)14-10-8-13(9-11-14)21(2,3)4/h6-12,18,24H,5H2,1-4H3. The number of hydrogen-bond donors (Lipinski definition) is 1. The third-order valence-electron chi connectivity index (χ3n) is 4.65. The molecule has 2 aromatic rings. The third-order valence-corrected chi connectivity index (χ3v) is 4.65. The van der Waals surface area contributed by atoms with Crippen LogP contribution in [0.15, 0.2) is 58.4 Å². The number of carbonyl (C=O) groups excluding carboxylic acids is 2. The van der Waals surface area contributed by atoms with Crippen LogP contribution in [0.5, 0.6) is 0 Å². The molecule has 5 nitrogen and oxygen atoms in total. The van der Waals surface area contributed by atoms with Gasteiger partial charge in [0.15, 0.2) is 11.5 Å². The smallest absolute Gasteiger partial charge is 0.294 e. The first-order valence-corrected chi connectivity index (χ1v) is 8.69. The zero-order chi connectivity index (χ0) is 19.1. The van der Waals surface area contributed by atoms with E-state index >= 15 is 0 Å². The van der Waals surface area contributed by atoms with Crippen molar-refractivity contribution in [1.82, 2.24) is 0 Å². The average Bonchev–Trinajstić information content (AvgIpc) is 3.21. The molecule has 26 heavy (non-hydrogen) atoms. The SMILES string of the molecule is CCC(=O)C1=C(O)C(=O)N(c2ccc(C(C)(C)C)cc2)C1c1ccco1. The Morgan fingerprint density at radius 3 is 2.35 bits per heavy atom. The highest BCUT2D eigenvalue weighted by Gasteiger charge is 2.45. The largest absolute Gasteiger partial charge is 0.503 e. The number of Topliss-reactive ketones (excluding diaryl/α,β-unsaturated/α-hetero) is 1. The zero-order valence-corrected chi connectivity index (χ0v) is 15.4. The van der Waals surface area contributed by atoms with Crippen molar-refractivity contribution in [2.75, 3.05) is 4.90 Å². The van der Waals surface area contributed by atoms with Gasteiger partial charge in [-0.15, -0.1) is 0 Å². The van der Waals surface area contributed by atoms with Crippen molar-refractivity contribution in [3.05, 3.63) is 65.3 Å². The van der Waals surface area contributed by atoms with E-state index in [1.54, 1.807) is 19.1 Å². The van der Waals surface area contributed by atoms with Gasteiger partial charge >= 0.3 is 0 Å². The van der Waals surface area contributed by atoms with Gasteiger partial charge in [0.05, 0.1) is 11.8 Å². The van der Waals surface area contributed by atoms with Crippen molar-refractivity contribution in [1.29, 1.82) is 0 Å². The van der Waals surface area contributed by atoms with Gasteiger partial charge in [-0.2, -0.15) is 0 Å². The lowest BCUT2D eigenvalue weighted by Crippen LogP contribution is -2.30. The minimum Gasteiger partial charge on any atom is -0.503 e. The monoisotopic (exact) mass is 353 g/mol. The van der Waals surface area contributed by atoms with Crippen molar-refractivity contribution in [2.45, 2.75) is 45.6 Å². The number of aliphatic hydroxyl groups excluding tert-OH is 1. The van der Waals surface area contributed by atoms with E-state index in [-0.39, 0.29) is 23.2 Å². The number of rotatable bonds is 4. The molecule has 1 atom stereocenters. The van der Waals surface area contributed by atoms with Crippen molar-refractivity contribution >= 4 is 17.4 Å². The summed E-state index contributed by atoms with van der Waals surface area (Å²) in [4.78, 5) is 26.6. The van der Waals surface area contributed by atoms with E-state index in [0.717, 1.165) is 5.56 Å². The quantitative estimate of drug-likeness (QED) is 0.881. The highest BCUT2D eigenvalue weighted by molar-refractivity contribution is 6.16. The van der Waals surface area contributed by atoms with E-state index in [1.807, 2.05) is 24.3 Å². The Balaban J connectivity index is 2.08. The van der Waals surface area contributed by atoms with E-state index in [1.165, 1.54) is 11.2 Å². The van der Waals surface area contributed by atoms with Crippen molar-refractivity contribution < 1.29 is 19.1 Å². The average molecular weight is 353 g/mol. The van der Waals surface area contributed by atoms with Crippen LogP contribution in [-0.2, 0) is 15.0 Å². The summed E-state index contributed by atoms with van der Waals surface area (Å²) < 4.78 is 5.48. The molecule has 3 rings (SSSR count). The molecule has 5 heteroatoms. The molecular weight excluding hydrogens is 330 g/mol. The first-order valence-electron chi connectivity index (χ1n) is 8.69. The topological polar surface area (TPSA) is 70.8 Å². The Kier molecular flexibility index (Phi) is 4.48. The lowest BCUT2D eigenvalue weighted by atomic mass is 9.87. The van der Waals surface area contributed by atoms with Gasteiger partial charge in [0.2, 0.25) is 0 Å². The lowest BCUT2D eigenvalue weighted by molar-refractivity contribution is -0.118. The Morgan fingerprint density at radius 1 is 1.19 bits per heavy atom. The number of ketones is 1. The highest BCUT2D eigenvalue weighted by atomic mass is 16.3. The molecule has 0 bridgehead atoms. The van der Waals surface area contributed by atoms with E-state index in [9.17, 15) is 14.7 Å². The van der Waals surface area contributed by atoms with Gasteiger partial charge in [-0.05, 0) is 35.2 Å². The highest BCUT2D eigenvalue weighted by Crippen LogP contribution is 2.41. The lowest BCUT2D eigenvalue weighted by Gasteiger charge is -2.26. The normalized spacial score (nSPS) is 17.9. The second-order valence-corrected chi connectivity index (χ2v) is 7.43. The summed E-state index contributed by atoms with van der Waals surface area (Å²) in [7, 11) is 0. The second-order valence-electron chi connectivity index (χ2n) is 7.43. The predicted molar refractivity (Wildman–Crippen MR) is 99.0 cm³/mol. The molecule has 0 spiro atoms. The number of aliphatic hydroxyl groups is 1. The number of benzene rings is 1. The van der Waals surface area contributed by atoms with Crippen molar-refractivity contribution in [3.63, 3.8) is 0 Å². The maximum Gasteiger partial charge on any atom is 0.294 e. The van der Waals surface area contributed by atoms with E-state index in [0.29, 0.717) is 11.4 Å². The molecule has 2 heterocycles. The number of furan rings is 1. The molecular formula is C21H23NO4. The molecule has 1 N–H and O–H groups in total. The number of anilines is 1. The van der Waals surface area contributed by atoms with Crippen LogP contribution in [0.1, 0.15) is 51.5 Å². The molecule has 0 saturated carbocycles. The van der Waals surface area contributed by atoms with Gasteiger partial charge in [-0.1, -0.05) is 39.8 Å². The fraction of sp³-hybridized carbons (Fsp3) is 0.333. The van der Waals surface area contributed by atoms with Gasteiger partial charge in [0.1, 0.15) is 11.8 Å². The van der Waals surface area contributed by atoms with E-state index < -0.39 is 17.7 Å². The van der Waals surface area contributed by atoms with Crippen LogP contribution in [0.25, 0.3) is 0 Å². The number of nitrogens with zero attached hydrogens (tertiary/aromatic N) is 1. The number of hydrogen-bond acceptors (Lipinski definition) is 4. The Bertz CT molecular complexity index is 854. The molecule has 136 valence electrons. The van der Waals surface area contributed by atoms with Gasteiger partial charge in [-0.25, -0.2) is 0 Å². The molecule has 1 aromatic heterocycles. The predicted octanol–water partition coefficient (Wildman–Crippen LogP) is 4.46. The van der Waals surface area contributed by atoms with Crippen LogP contribution in [0.4, 0.5) is 5.69 Å². The van der Waals surface area contributed by atoms with Crippen LogP contribution >= 0.6 is 0 Å². The number of amides is 1. The molecule has 0 aliphatic carbocycles. The molecule has 1 amide bonds. The Labute approximate surface area is 152 Å². The van der Waals surface area contributed by atoms with Crippen LogP contribution in [0.3, 0.4) is 0 Å². The summed E-state index contributed by atoms with van der Waals surface area (Å²) in [6.45, 7) is 8.04. The second kappa shape index (κ2) is 6.48. The summed E-state index contributed by atoms with van der Waals surface area (Å²) in [6, 6.07) is 10.2. The van der Waals surface area contributed by atoms with Crippen LogP contribution in [0.2, 0.25) is 0 Å². The third kappa shape index (κ3) is 2.94. The summed E-state index contributed by atoms with van der Waals surface area (Å²) in [6.07, 6.45) is 1.69. The van der Waals surface area contributed by atoms with Crippen molar-refractivity contribution in [3.8, 4) is 0 Å².